The zero-order valence-electron chi connectivity index (χ0n) is 19.2. The van der Waals surface area contributed by atoms with Crippen LogP contribution in [0.1, 0.15) is 99.0 Å². The lowest BCUT2D eigenvalue weighted by Gasteiger charge is -2.37. The van der Waals surface area contributed by atoms with Crippen LogP contribution in [0.4, 0.5) is 0 Å². The Morgan fingerprint density at radius 1 is 0.926 bits per heavy atom. The fourth-order valence-corrected chi connectivity index (χ4v) is 3.18. The summed E-state index contributed by atoms with van der Waals surface area (Å²) in [5.74, 6) is 1.97. The van der Waals surface area contributed by atoms with Gasteiger partial charge in [0.25, 0.3) is 0 Å². The van der Waals surface area contributed by atoms with Crippen molar-refractivity contribution in [3.8, 4) is 0 Å². The van der Waals surface area contributed by atoms with Gasteiger partial charge in [0, 0.05) is 0 Å². The highest BCUT2D eigenvalue weighted by atomic mass is 16.3. The monoisotopic (exact) mass is 372 g/mol. The van der Waals surface area contributed by atoms with Crippen LogP contribution in [0.3, 0.4) is 0 Å². The SMILES string of the molecule is CC.CC(C)C.CC(C)c1ccccc1.CC12CC=C(O)C=C1CCCC2. The number of rotatable bonds is 1. The summed E-state index contributed by atoms with van der Waals surface area (Å²) in [4.78, 5) is 0. The van der Waals surface area contributed by atoms with E-state index in [-0.39, 0.29) is 0 Å². The largest absolute Gasteiger partial charge is 0.508 e. The second-order valence-electron chi connectivity index (χ2n) is 8.57. The van der Waals surface area contributed by atoms with Crippen LogP contribution >= 0.6 is 0 Å². The molecule has 0 heterocycles. The Kier molecular flexibility index (Phi) is 12.9. The molecule has 1 unspecified atom stereocenters. The van der Waals surface area contributed by atoms with Crippen molar-refractivity contribution in [1.82, 2.24) is 0 Å². The Bertz CT molecular complexity index is 548. The quantitative estimate of drug-likeness (QED) is 0.522. The van der Waals surface area contributed by atoms with Crippen LogP contribution in [0, 0.1) is 11.3 Å². The predicted octanol–water partition coefficient (Wildman–Crippen LogP) is 8.84. The highest BCUT2D eigenvalue weighted by molar-refractivity contribution is 5.30. The van der Waals surface area contributed by atoms with Gasteiger partial charge >= 0.3 is 0 Å². The smallest absolute Gasteiger partial charge is 0.111 e. The Balaban J connectivity index is 0.000000400. The third kappa shape index (κ3) is 10.4. The number of fused-ring (bicyclic) bond motifs is 1. The van der Waals surface area contributed by atoms with Crippen molar-refractivity contribution in [2.75, 3.05) is 0 Å². The highest BCUT2D eigenvalue weighted by Crippen LogP contribution is 2.45. The lowest BCUT2D eigenvalue weighted by molar-refractivity contribution is 0.290. The van der Waals surface area contributed by atoms with Gasteiger partial charge < -0.3 is 5.11 Å². The summed E-state index contributed by atoms with van der Waals surface area (Å²) in [6.45, 7) is 17.2. The summed E-state index contributed by atoms with van der Waals surface area (Å²) in [6.07, 6.45) is 10.1. The number of aliphatic hydroxyl groups excluding tert-OH is 1. The van der Waals surface area contributed by atoms with Gasteiger partial charge in [0.2, 0.25) is 0 Å². The Morgan fingerprint density at radius 3 is 1.96 bits per heavy atom. The minimum atomic E-state index is 0.379. The predicted molar refractivity (Wildman–Crippen MR) is 122 cm³/mol. The number of benzene rings is 1. The van der Waals surface area contributed by atoms with E-state index in [2.05, 4.69) is 65.8 Å². The topological polar surface area (TPSA) is 20.2 Å². The summed E-state index contributed by atoms with van der Waals surface area (Å²) < 4.78 is 0. The standard InChI is InChI=1S/C11H16O.C9H12.C4H10.C2H6/c1-11-6-3-2-4-9(11)8-10(12)5-7-11;1-8(2)9-6-4-3-5-7-9;1-4(2)3;1-2/h5,8,12H,2-4,6-7H2,1H3;3-8H,1-2H3;4H,1-3H3;1-2H3. The van der Waals surface area contributed by atoms with Crippen molar-refractivity contribution in [2.24, 2.45) is 11.3 Å². The molecule has 2 aliphatic carbocycles. The average molecular weight is 373 g/mol. The van der Waals surface area contributed by atoms with E-state index in [9.17, 15) is 5.11 Å². The van der Waals surface area contributed by atoms with Gasteiger partial charge in [-0.05, 0) is 60.6 Å². The molecule has 1 aromatic carbocycles. The zero-order chi connectivity index (χ0) is 20.9. The van der Waals surface area contributed by atoms with E-state index in [0.29, 0.717) is 17.1 Å². The molecule has 1 heteroatoms. The Hall–Kier alpha value is -1.50. The first-order valence-corrected chi connectivity index (χ1v) is 10.9. The molecule has 1 aromatic rings. The fourth-order valence-electron chi connectivity index (χ4n) is 3.18. The summed E-state index contributed by atoms with van der Waals surface area (Å²) >= 11 is 0. The molecular weight excluding hydrogens is 328 g/mol. The molecule has 0 aliphatic heterocycles. The van der Waals surface area contributed by atoms with Crippen molar-refractivity contribution in [2.45, 2.75) is 93.4 Å². The number of hydrogen-bond donors (Lipinski definition) is 1. The van der Waals surface area contributed by atoms with Crippen molar-refractivity contribution in [3.05, 3.63) is 59.4 Å². The van der Waals surface area contributed by atoms with Crippen LogP contribution in [-0.4, -0.2) is 5.11 Å². The van der Waals surface area contributed by atoms with Gasteiger partial charge in [0.15, 0.2) is 0 Å². The van der Waals surface area contributed by atoms with E-state index in [1.807, 2.05) is 32.1 Å². The van der Waals surface area contributed by atoms with Crippen LogP contribution in [0.2, 0.25) is 0 Å². The summed E-state index contributed by atoms with van der Waals surface area (Å²) in [6, 6.07) is 10.5. The molecule has 154 valence electrons. The maximum absolute atomic E-state index is 9.35. The molecule has 3 rings (SSSR count). The number of aliphatic hydroxyl groups is 1. The van der Waals surface area contributed by atoms with Crippen molar-refractivity contribution >= 4 is 0 Å². The molecule has 0 saturated heterocycles. The van der Waals surface area contributed by atoms with Gasteiger partial charge in [0.05, 0.1) is 0 Å². The van der Waals surface area contributed by atoms with E-state index >= 15 is 0 Å². The molecule has 0 aromatic heterocycles. The molecule has 1 nitrogen and oxygen atoms in total. The zero-order valence-corrected chi connectivity index (χ0v) is 19.2. The van der Waals surface area contributed by atoms with Gasteiger partial charge in [-0.25, -0.2) is 0 Å². The first kappa shape index (κ1) is 25.5. The minimum absolute atomic E-state index is 0.379. The van der Waals surface area contributed by atoms with E-state index in [1.165, 1.54) is 36.8 Å². The molecule has 27 heavy (non-hydrogen) atoms. The normalized spacial score (nSPS) is 20.5. The summed E-state index contributed by atoms with van der Waals surface area (Å²) in [5.41, 5.74) is 3.26. The number of hydrogen-bond acceptors (Lipinski definition) is 1. The van der Waals surface area contributed by atoms with Gasteiger partial charge in [-0.2, -0.15) is 0 Å². The molecule has 0 bridgehead atoms. The summed E-state index contributed by atoms with van der Waals surface area (Å²) in [7, 11) is 0. The van der Waals surface area contributed by atoms with E-state index in [1.54, 1.807) is 0 Å². The van der Waals surface area contributed by atoms with E-state index in [4.69, 9.17) is 0 Å². The molecule has 0 amide bonds. The second kappa shape index (κ2) is 13.6. The van der Waals surface area contributed by atoms with Gasteiger partial charge in [-0.3, -0.25) is 0 Å². The molecule has 2 aliphatic rings. The van der Waals surface area contributed by atoms with Gasteiger partial charge in [-0.1, -0.05) is 97.7 Å². The van der Waals surface area contributed by atoms with Crippen LogP contribution in [0.15, 0.2) is 53.8 Å². The van der Waals surface area contributed by atoms with Crippen molar-refractivity contribution < 1.29 is 5.11 Å². The Labute approximate surface area is 169 Å². The summed E-state index contributed by atoms with van der Waals surface area (Å²) in [5, 5.41) is 9.35. The molecule has 1 atom stereocenters. The second-order valence-corrected chi connectivity index (χ2v) is 8.57. The van der Waals surface area contributed by atoms with Gasteiger partial charge in [0.1, 0.15) is 5.76 Å². The minimum Gasteiger partial charge on any atom is -0.508 e. The maximum atomic E-state index is 9.35. The fraction of sp³-hybridized carbons (Fsp3) is 0.615. The Morgan fingerprint density at radius 2 is 1.48 bits per heavy atom. The first-order valence-electron chi connectivity index (χ1n) is 10.9. The molecular formula is C26H44O. The van der Waals surface area contributed by atoms with Crippen LogP contribution in [0.25, 0.3) is 0 Å². The average Bonchev–Trinajstić information content (AvgIpc) is 2.64. The molecule has 1 fully saturated rings. The third-order valence-electron chi connectivity index (χ3n) is 4.75. The number of allylic oxidation sites excluding steroid dienone is 3. The molecule has 1 N–H and O–H groups in total. The lowest BCUT2D eigenvalue weighted by atomic mass is 9.68. The molecule has 0 radical (unpaired) electrons. The maximum Gasteiger partial charge on any atom is 0.111 e. The van der Waals surface area contributed by atoms with Gasteiger partial charge in [-0.15, -0.1) is 0 Å². The van der Waals surface area contributed by atoms with E-state index in [0.717, 1.165) is 12.3 Å². The third-order valence-corrected chi connectivity index (χ3v) is 4.75. The van der Waals surface area contributed by atoms with Crippen molar-refractivity contribution in [3.63, 3.8) is 0 Å². The lowest BCUT2D eigenvalue weighted by Crippen LogP contribution is -2.24. The first-order chi connectivity index (χ1) is 12.7. The van der Waals surface area contributed by atoms with Crippen molar-refractivity contribution in [1.29, 1.82) is 0 Å². The van der Waals surface area contributed by atoms with E-state index < -0.39 is 0 Å². The molecule has 0 spiro atoms. The van der Waals surface area contributed by atoms with Crippen LogP contribution in [0.5, 0.6) is 0 Å². The molecule has 1 saturated carbocycles. The highest BCUT2D eigenvalue weighted by Gasteiger charge is 2.32. The van der Waals surface area contributed by atoms with Crippen LogP contribution < -0.4 is 0 Å². The van der Waals surface area contributed by atoms with Crippen LogP contribution in [-0.2, 0) is 0 Å².